The molecule has 1 saturated heterocycles. The molecule has 0 radical (unpaired) electrons. The minimum absolute atomic E-state index is 0.165. The monoisotopic (exact) mass is 275 g/mol. The summed E-state index contributed by atoms with van der Waals surface area (Å²) in [4.78, 5) is 2.44. The molecule has 110 valence electrons. The van der Waals surface area contributed by atoms with Crippen molar-refractivity contribution in [2.75, 3.05) is 26.7 Å². The molecule has 0 aliphatic carbocycles. The number of rotatable bonds is 5. The van der Waals surface area contributed by atoms with Gasteiger partial charge in [-0.2, -0.15) is 0 Å². The number of hydrogen-bond acceptors (Lipinski definition) is 3. The van der Waals surface area contributed by atoms with Gasteiger partial charge in [-0.1, -0.05) is 30.4 Å². The van der Waals surface area contributed by atoms with Crippen LogP contribution in [0.1, 0.15) is 25.3 Å². The molecule has 20 heavy (non-hydrogen) atoms. The molecule has 1 fully saturated rings. The van der Waals surface area contributed by atoms with E-state index in [2.05, 4.69) is 23.1 Å². The molecule has 1 atom stereocenters. The highest BCUT2D eigenvalue weighted by molar-refractivity contribution is 5.57. The Balaban J connectivity index is 1.82. The lowest BCUT2D eigenvalue weighted by Crippen LogP contribution is -2.37. The summed E-state index contributed by atoms with van der Waals surface area (Å²) in [7, 11) is 1.70. The Kier molecular flexibility index (Phi) is 5.62. The second kappa shape index (κ2) is 7.46. The van der Waals surface area contributed by atoms with Crippen LogP contribution in [0.25, 0.3) is 6.08 Å². The number of nitrogens with zero attached hydrogens (tertiary/aromatic N) is 1. The number of aliphatic hydroxyl groups excluding tert-OH is 1. The van der Waals surface area contributed by atoms with E-state index in [0.29, 0.717) is 5.92 Å². The molecule has 1 heterocycles. The van der Waals surface area contributed by atoms with Crippen LogP contribution in [0.15, 0.2) is 30.3 Å². The first-order chi connectivity index (χ1) is 9.70. The van der Waals surface area contributed by atoms with E-state index in [-0.39, 0.29) is 6.10 Å². The Morgan fingerprint density at radius 2 is 2.05 bits per heavy atom. The lowest BCUT2D eigenvalue weighted by molar-refractivity contribution is 0.0756. The molecule has 0 bridgehead atoms. The number of piperidine rings is 1. The van der Waals surface area contributed by atoms with Gasteiger partial charge in [0, 0.05) is 12.1 Å². The molecule has 0 amide bonds. The third-order valence-electron chi connectivity index (χ3n) is 4.11. The van der Waals surface area contributed by atoms with E-state index in [1.807, 2.05) is 25.1 Å². The lowest BCUT2D eigenvalue weighted by Gasteiger charge is -2.32. The van der Waals surface area contributed by atoms with Crippen molar-refractivity contribution >= 4 is 6.08 Å². The Hall–Kier alpha value is -1.32. The number of aliphatic hydroxyl groups is 1. The van der Waals surface area contributed by atoms with Gasteiger partial charge in [0.2, 0.25) is 0 Å². The summed E-state index contributed by atoms with van der Waals surface area (Å²) in [5, 5.41) is 9.60. The highest BCUT2D eigenvalue weighted by Gasteiger charge is 2.21. The van der Waals surface area contributed by atoms with Crippen molar-refractivity contribution in [3.63, 3.8) is 0 Å². The van der Waals surface area contributed by atoms with Crippen LogP contribution in [0.4, 0.5) is 0 Å². The van der Waals surface area contributed by atoms with Crippen molar-refractivity contribution in [3.05, 3.63) is 35.9 Å². The fourth-order valence-corrected chi connectivity index (χ4v) is 2.75. The Morgan fingerprint density at radius 3 is 2.70 bits per heavy atom. The average Bonchev–Trinajstić information content (AvgIpc) is 2.48. The van der Waals surface area contributed by atoms with Gasteiger partial charge in [-0.3, -0.25) is 4.90 Å². The van der Waals surface area contributed by atoms with Gasteiger partial charge in [0.15, 0.2) is 0 Å². The molecule has 0 saturated carbocycles. The number of hydrogen-bond donors (Lipinski definition) is 1. The Labute approximate surface area is 121 Å². The molecule has 1 aliphatic heterocycles. The molecule has 1 unspecified atom stereocenters. The zero-order valence-corrected chi connectivity index (χ0v) is 12.5. The van der Waals surface area contributed by atoms with Crippen LogP contribution in [0.5, 0.6) is 5.75 Å². The predicted molar refractivity (Wildman–Crippen MR) is 82.9 cm³/mol. The van der Waals surface area contributed by atoms with Crippen molar-refractivity contribution in [3.8, 4) is 5.75 Å². The highest BCUT2D eigenvalue weighted by atomic mass is 16.5. The van der Waals surface area contributed by atoms with Crippen LogP contribution in [0.2, 0.25) is 0 Å². The summed E-state index contributed by atoms with van der Waals surface area (Å²) in [5.74, 6) is 1.39. The van der Waals surface area contributed by atoms with Crippen LogP contribution in [0.3, 0.4) is 0 Å². The molecule has 3 nitrogen and oxygen atoms in total. The minimum Gasteiger partial charge on any atom is -0.496 e. The molecule has 1 aromatic rings. The molecular formula is C17H25NO2. The number of methoxy groups -OCH3 is 1. The summed E-state index contributed by atoms with van der Waals surface area (Å²) < 4.78 is 5.34. The largest absolute Gasteiger partial charge is 0.496 e. The van der Waals surface area contributed by atoms with E-state index in [1.54, 1.807) is 7.11 Å². The zero-order valence-electron chi connectivity index (χ0n) is 12.5. The summed E-state index contributed by atoms with van der Waals surface area (Å²) in [6, 6.07) is 8.05. The van der Waals surface area contributed by atoms with Crippen LogP contribution >= 0.6 is 0 Å². The SMILES string of the molecule is COc1ccccc1/C=C/CN1CCC(C(C)O)CC1. The fraction of sp³-hybridized carbons (Fsp3) is 0.529. The van der Waals surface area contributed by atoms with Gasteiger partial charge >= 0.3 is 0 Å². The zero-order chi connectivity index (χ0) is 14.4. The highest BCUT2D eigenvalue weighted by Crippen LogP contribution is 2.21. The Morgan fingerprint density at radius 1 is 1.35 bits per heavy atom. The van der Waals surface area contributed by atoms with Crippen molar-refractivity contribution in [1.82, 2.24) is 4.90 Å². The first kappa shape index (κ1) is 15.1. The third-order valence-corrected chi connectivity index (χ3v) is 4.11. The predicted octanol–water partition coefficient (Wildman–Crippen LogP) is 2.80. The second-order valence-corrected chi connectivity index (χ2v) is 5.52. The smallest absolute Gasteiger partial charge is 0.126 e. The van der Waals surface area contributed by atoms with Crippen LogP contribution in [-0.4, -0.2) is 42.9 Å². The topological polar surface area (TPSA) is 32.7 Å². The molecule has 1 N–H and O–H groups in total. The number of ether oxygens (including phenoxy) is 1. The minimum atomic E-state index is -0.165. The summed E-state index contributed by atoms with van der Waals surface area (Å²) in [5.41, 5.74) is 1.12. The van der Waals surface area contributed by atoms with Crippen LogP contribution in [0, 0.1) is 5.92 Å². The quantitative estimate of drug-likeness (QED) is 0.897. The lowest BCUT2D eigenvalue weighted by atomic mass is 9.92. The third kappa shape index (κ3) is 4.09. The average molecular weight is 275 g/mol. The van der Waals surface area contributed by atoms with Gasteiger partial charge in [0.25, 0.3) is 0 Å². The Bertz CT molecular complexity index is 434. The van der Waals surface area contributed by atoms with Gasteiger partial charge in [0.05, 0.1) is 13.2 Å². The van der Waals surface area contributed by atoms with E-state index in [4.69, 9.17) is 4.74 Å². The van der Waals surface area contributed by atoms with E-state index >= 15 is 0 Å². The molecule has 0 aromatic heterocycles. The molecule has 1 aromatic carbocycles. The van der Waals surface area contributed by atoms with Crippen LogP contribution < -0.4 is 4.74 Å². The maximum absolute atomic E-state index is 9.60. The number of para-hydroxylation sites is 1. The van der Waals surface area contributed by atoms with Crippen molar-refractivity contribution in [2.45, 2.75) is 25.9 Å². The van der Waals surface area contributed by atoms with E-state index in [1.165, 1.54) is 0 Å². The van der Waals surface area contributed by atoms with Crippen molar-refractivity contribution in [2.24, 2.45) is 5.92 Å². The van der Waals surface area contributed by atoms with Gasteiger partial charge < -0.3 is 9.84 Å². The molecule has 2 rings (SSSR count). The maximum atomic E-state index is 9.60. The summed E-state index contributed by atoms with van der Waals surface area (Å²) in [6.45, 7) is 5.02. The first-order valence-corrected chi connectivity index (χ1v) is 7.40. The van der Waals surface area contributed by atoms with E-state index in [0.717, 1.165) is 43.8 Å². The van der Waals surface area contributed by atoms with Gasteiger partial charge in [-0.25, -0.2) is 0 Å². The van der Waals surface area contributed by atoms with E-state index < -0.39 is 0 Å². The number of benzene rings is 1. The molecular weight excluding hydrogens is 250 g/mol. The van der Waals surface area contributed by atoms with Crippen molar-refractivity contribution in [1.29, 1.82) is 0 Å². The van der Waals surface area contributed by atoms with Gasteiger partial charge in [-0.15, -0.1) is 0 Å². The van der Waals surface area contributed by atoms with Crippen LogP contribution in [-0.2, 0) is 0 Å². The van der Waals surface area contributed by atoms with Gasteiger partial charge in [0.1, 0.15) is 5.75 Å². The molecule has 1 aliphatic rings. The summed E-state index contributed by atoms with van der Waals surface area (Å²) in [6.07, 6.45) is 6.35. The molecule has 0 spiro atoms. The number of likely N-dealkylation sites (tertiary alicyclic amines) is 1. The van der Waals surface area contributed by atoms with E-state index in [9.17, 15) is 5.11 Å². The second-order valence-electron chi connectivity index (χ2n) is 5.52. The standard InChI is InChI=1S/C17H25NO2/c1-14(19)15-9-12-18(13-10-15)11-5-7-16-6-3-4-8-17(16)20-2/h3-8,14-15,19H,9-13H2,1-2H3/b7-5+. The van der Waals surface area contributed by atoms with Crippen molar-refractivity contribution < 1.29 is 9.84 Å². The first-order valence-electron chi connectivity index (χ1n) is 7.40. The fourth-order valence-electron chi connectivity index (χ4n) is 2.75. The summed E-state index contributed by atoms with van der Waals surface area (Å²) >= 11 is 0. The molecule has 3 heteroatoms. The van der Waals surface area contributed by atoms with Gasteiger partial charge in [-0.05, 0) is 44.8 Å². The maximum Gasteiger partial charge on any atom is 0.126 e. The normalized spacial score (nSPS) is 19.4.